The van der Waals surface area contributed by atoms with Gasteiger partial charge in [-0.1, -0.05) is 12.1 Å². The summed E-state index contributed by atoms with van der Waals surface area (Å²) in [4.78, 5) is 0. The Kier molecular flexibility index (Phi) is 3.77. The van der Waals surface area contributed by atoms with E-state index in [4.69, 9.17) is 9.47 Å². The normalized spacial score (nSPS) is 10.5. The summed E-state index contributed by atoms with van der Waals surface area (Å²) in [6.45, 7) is 4.69. The molecule has 2 heteroatoms. The van der Waals surface area contributed by atoms with Gasteiger partial charge in [0.2, 0.25) is 0 Å². The molecule has 72 valence electrons. The largest absolute Gasteiger partial charge is 0.491 e. The Labute approximate surface area is 79.5 Å². The smallest absolute Gasteiger partial charge is 0.119 e. The molecule has 2 nitrogen and oxygen atoms in total. The number of hydrogen-bond acceptors (Lipinski definition) is 2. The highest BCUT2D eigenvalue weighted by Gasteiger charge is 1.97. The Bertz CT molecular complexity index is 239. The van der Waals surface area contributed by atoms with Crippen molar-refractivity contribution in [2.24, 2.45) is 0 Å². The maximum Gasteiger partial charge on any atom is 0.119 e. The number of benzene rings is 1. The monoisotopic (exact) mass is 180 g/mol. The summed E-state index contributed by atoms with van der Waals surface area (Å²) in [6.07, 6.45) is 0.230. The van der Waals surface area contributed by atoms with Crippen LogP contribution in [0.3, 0.4) is 0 Å². The molecule has 0 heterocycles. The molecule has 0 saturated heterocycles. The molecule has 1 aromatic rings. The Hall–Kier alpha value is -1.02. The maximum absolute atomic E-state index is 5.51. The Morgan fingerprint density at radius 3 is 2.23 bits per heavy atom. The molecule has 1 aromatic carbocycles. The van der Waals surface area contributed by atoms with Crippen molar-refractivity contribution in [3.05, 3.63) is 29.8 Å². The predicted molar refractivity (Wildman–Crippen MR) is 52.9 cm³/mol. The van der Waals surface area contributed by atoms with Gasteiger partial charge in [-0.15, -0.1) is 0 Å². The average Bonchev–Trinajstić information content (AvgIpc) is 2.08. The highest BCUT2D eigenvalue weighted by molar-refractivity contribution is 5.26. The van der Waals surface area contributed by atoms with Crippen LogP contribution < -0.4 is 4.74 Å². The third-order valence-corrected chi connectivity index (χ3v) is 1.61. The first-order valence-corrected chi connectivity index (χ1v) is 4.47. The van der Waals surface area contributed by atoms with E-state index in [0.717, 1.165) is 5.75 Å². The number of ether oxygens (including phenoxy) is 2. The predicted octanol–water partition coefficient (Wildman–Crippen LogP) is 2.62. The Balaban J connectivity index is 2.59. The van der Waals surface area contributed by atoms with Crippen molar-refractivity contribution in [1.29, 1.82) is 0 Å². The molecule has 0 saturated carbocycles. The third-order valence-electron chi connectivity index (χ3n) is 1.61. The quantitative estimate of drug-likeness (QED) is 0.709. The van der Waals surface area contributed by atoms with Crippen LogP contribution in [-0.2, 0) is 11.3 Å². The Morgan fingerprint density at radius 1 is 1.15 bits per heavy atom. The molecule has 0 aliphatic heterocycles. The molecule has 0 fully saturated rings. The van der Waals surface area contributed by atoms with Crippen LogP contribution in [0.1, 0.15) is 19.4 Å². The van der Waals surface area contributed by atoms with Crippen LogP contribution in [0.5, 0.6) is 5.75 Å². The molecule has 0 aromatic heterocycles. The van der Waals surface area contributed by atoms with E-state index >= 15 is 0 Å². The van der Waals surface area contributed by atoms with E-state index in [2.05, 4.69) is 0 Å². The molecule has 0 bridgehead atoms. The molecule has 0 N–H and O–H groups in total. The maximum atomic E-state index is 5.51. The van der Waals surface area contributed by atoms with Crippen LogP contribution >= 0.6 is 0 Å². The van der Waals surface area contributed by atoms with Crippen LogP contribution in [-0.4, -0.2) is 13.2 Å². The number of rotatable bonds is 4. The Morgan fingerprint density at radius 2 is 1.77 bits per heavy atom. The number of hydrogen-bond donors (Lipinski definition) is 0. The van der Waals surface area contributed by atoms with E-state index in [1.165, 1.54) is 5.56 Å². The van der Waals surface area contributed by atoms with Gasteiger partial charge in [0.1, 0.15) is 5.75 Å². The van der Waals surface area contributed by atoms with Crippen molar-refractivity contribution in [3.8, 4) is 5.75 Å². The van der Waals surface area contributed by atoms with Crippen molar-refractivity contribution in [2.45, 2.75) is 26.6 Å². The van der Waals surface area contributed by atoms with Gasteiger partial charge >= 0.3 is 0 Å². The second-order valence-corrected chi connectivity index (χ2v) is 3.24. The van der Waals surface area contributed by atoms with Crippen LogP contribution in [0.4, 0.5) is 0 Å². The lowest BCUT2D eigenvalue weighted by Gasteiger charge is -2.09. The van der Waals surface area contributed by atoms with Crippen molar-refractivity contribution in [1.82, 2.24) is 0 Å². The standard InChI is InChI=1S/C11H16O2/c1-9(2)13-11-6-4-10(5-7-11)8-12-3/h4-7,9H,8H2,1-3H3. The fourth-order valence-corrected chi connectivity index (χ4v) is 1.10. The van der Waals surface area contributed by atoms with E-state index in [-0.39, 0.29) is 6.10 Å². The average molecular weight is 180 g/mol. The van der Waals surface area contributed by atoms with Crippen molar-refractivity contribution < 1.29 is 9.47 Å². The molecule has 0 radical (unpaired) electrons. The second kappa shape index (κ2) is 4.87. The third kappa shape index (κ3) is 3.47. The molecule has 0 aliphatic rings. The summed E-state index contributed by atoms with van der Waals surface area (Å²) in [5, 5.41) is 0. The molecular weight excluding hydrogens is 164 g/mol. The van der Waals surface area contributed by atoms with Gasteiger partial charge in [0, 0.05) is 7.11 Å². The van der Waals surface area contributed by atoms with Gasteiger partial charge in [0.15, 0.2) is 0 Å². The highest BCUT2D eigenvalue weighted by atomic mass is 16.5. The van der Waals surface area contributed by atoms with E-state index in [9.17, 15) is 0 Å². The SMILES string of the molecule is COCc1ccc(OC(C)C)cc1. The van der Waals surface area contributed by atoms with Gasteiger partial charge < -0.3 is 9.47 Å². The lowest BCUT2D eigenvalue weighted by molar-refractivity contribution is 0.184. The zero-order valence-corrected chi connectivity index (χ0v) is 8.41. The number of methoxy groups -OCH3 is 1. The van der Waals surface area contributed by atoms with Gasteiger partial charge in [-0.05, 0) is 31.5 Å². The van der Waals surface area contributed by atoms with Crippen LogP contribution in [0.25, 0.3) is 0 Å². The lowest BCUT2D eigenvalue weighted by atomic mass is 10.2. The molecule has 1 rings (SSSR count). The van der Waals surface area contributed by atoms with Gasteiger partial charge in [-0.25, -0.2) is 0 Å². The zero-order valence-electron chi connectivity index (χ0n) is 8.41. The van der Waals surface area contributed by atoms with Crippen molar-refractivity contribution in [2.75, 3.05) is 7.11 Å². The van der Waals surface area contributed by atoms with Crippen LogP contribution in [0.2, 0.25) is 0 Å². The lowest BCUT2D eigenvalue weighted by Crippen LogP contribution is -2.05. The molecule has 0 atom stereocenters. The van der Waals surface area contributed by atoms with Crippen molar-refractivity contribution in [3.63, 3.8) is 0 Å². The van der Waals surface area contributed by atoms with E-state index in [1.54, 1.807) is 7.11 Å². The topological polar surface area (TPSA) is 18.5 Å². The van der Waals surface area contributed by atoms with Gasteiger partial charge in [-0.2, -0.15) is 0 Å². The van der Waals surface area contributed by atoms with Crippen LogP contribution in [0.15, 0.2) is 24.3 Å². The van der Waals surface area contributed by atoms with E-state index in [1.807, 2.05) is 38.1 Å². The molecule has 13 heavy (non-hydrogen) atoms. The minimum Gasteiger partial charge on any atom is -0.491 e. The fraction of sp³-hybridized carbons (Fsp3) is 0.455. The molecule has 0 amide bonds. The van der Waals surface area contributed by atoms with Crippen LogP contribution in [0, 0.1) is 0 Å². The van der Waals surface area contributed by atoms with Gasteiger partial charge in [-0.3, -0.25) is 0 Å². The summed E-state index contributed by atoms with van der Waals surface area (Å²) >= 11 is 0. The summed E-state index contributed by atoms with van der Waals surface area (Å²) < 4.78 is 10.5. The minimum absolute atomic E-state index is 0.230. The summed E-state index contributed by atoms with van der Waals surface area (Å²) in [6, 6.07) is 7.96. The first-order chi connectivity index (χ1) is 6.22. The zero-order chi connectivity index (χ0) is 9.68. The van der Waals surface area contributed by atoms with Gasteiger partial charge in [0.05, 0.1) is 12.7 Å². The molecular formula is C11H16O2. The van der Waals surface area contributed by atoms with E-state index < -0.39 is 0 Å². The summed E-state index contributed by atoms with van der Waals surface area (Å²) in [5.74, 6) is 0.912. The molecule has 0 spiro atoms. The summed E-state index contributed by atoms with van der Waals surface area (Å²) in [5.41, 5.74) is 1.17. The summed E-state index contributed by atoms with van der Waals surface area (Å²) in [7, 11) is 1.69. The fourth-order valence-electron chi connectivity index (χ4n) is 1.10. The molecule has 0 unspecified atom stereocenters. The highest BCUT2D eigenvalue weighted by Crippen LogP contribution is 2.13. The van der Waals surface area contributed by atoms with E-state index in [0.29, 0.717) is 6.61 Å². The van der Waals surface area contributed by atoms with Gasteiger partial charge in [0.25, 0.3) is 0 Å². The first-order valence-electron chi connectivity index (χ1n) is 4.47. The minimum atomic E-state index is 0.230. The molecule has 0 aliphatic carbocycles. The van der Waals surface area contributed by atoms with Crippen molar-refractivity contribution >= 4 is 0 Å². The first kappa shape index (κ1) is 10.1. The second-order valence-electron chi connectivity index (χ2n) is 3.24.